The van der Waals surface area contributed by atoms with Crippen molar-refractivity contribution in [3.05, 3.63) is 54.1 Å². The molecule has 1 saturated heterocycles. The lowest BCUT2D eigenvalue weighted by atomic mass is 9.96. The van der Waals surface area contributed by atoms with Gasteiger partial charge in [-0.05, 0) is 37.7 Å². The topological polar surface area (TPSA) is 38.1 Å². The van der Waals surface area contributed by atoms with Crippen LogP contribution in [0.25, 0.3) is 0 Å². The van der Waals surface area contributed by atoms with E-state index in [-0.39, 0.29) is 0 Å². The SMILES string of the molecule is CCCCn1ccnc1C1CCCN(C(=O)CCCc2ccccc2)C1. The number of unbranched alkanes of at least 4 members (excludes halogenated alkanes) is 1. The first-order valence-electron chi connectivity index (χ1n) is 10.1. The summed E-state index contributed by atoms with van der Waals surface area (Å²) in [6.07, 6.45) is 11.1. The summed E-state index contributed by atoms with van der Waals surface area (Å²) >= 11 is 0. The molecule has 26 heavy (non-hydrogen) atoms. The summed E-state index contributed by atoms with van der Waals surface area (Å²) in [5.41, 5.74) is 1.31. The van der Waals surface area contributed by atoms with E-state index in [0.29, 0.717) is 18.2 Å². The van der Waals surface area contributed by atoms with Gasteiger partial charge in [0.1, 0.15) is 5.82 Å². The molecule has 0 spiro atoms. The third-order valence-electron chi connectivity index (χ3n) is 5.34. The quantitative estimate of drug-likeness (QED) is 0.705. The van der Waals surface area contributed by atoms with Crippen molar-refractivity contribution < 1.29 is 4.79 Å². The molecule has 140 valence electrons. The Morgan fingerprint density at radius 2 is 2.08 bits per heavy atom. The van der Waals surface area contributed by atoms with Gasteiger partial charge in [0.25, 0.3) is 0 Å². The molecule has 4 nitrogen and oxygen atoms in total. The molecule has 0 radical (unpaired) electrons. The van der Waals surface area contributed by atoms with Crippen LogP contribution in [0.5, 0.6) is 0 Å². The number of aromatic nitrogens is 2. The highest BCUT2D eigenvalue weighted by Crippen LogP contribution is 2.26. The summed E-state index contributed by atoms with van der Waals surface area (Å²) in [4.78, 5) is 19.3. The van der Waals surface area contributed by atoms with Crippen LogP contribution in [-0.4, -0.2) is 33.4 Å². The van der Waals surface area contributed by atoms with E-state index in [9.17, 15) is 4.79 Å². The van der Waals surface area contributed by atoms with Crippen LogP contribution in [0.2, 0.25) is 0 Å². The molecule has 1 aromatic carbocycles. The maximum Gasteiger partial charge on any atom is 0.222 e. The molecule has 0 aliphatic carbocycles. The number of carbonyl (C=O) groups is 1. The molecule has 2 aromatic rings. The third-order valence-corrected chi connectivity index (χ3v) is 5.34. The molecule has 0 saturated carbocycles. The lowest BCUT2D eigenvalue weighted by molar-refractivity contribution is -0.132. The van der Waals surface area contributed by atoms with Crippen LogP contribution in [0.15, 0.2) is 42.7 Å². The van der Waals surface area contributed by atoms with Crippen molar-refractivity contribution in [1.29, 1.82) is 0 Å². The average molecular weight is 354 g/mol. The van der Waals surface area contributed by atoms with Gasteiger partial charge in [0, 0.05) is 44.4 Å². The van der Waals surface area contributed by atoms with Crippen molar-refractivity contribution in [2.75, 3.05) is 13.1 Å². The molecule has 3 rings (SSSR count). The lowest BCUT2D eigenvalue weighted by Gasteiger charge is -2.33. The van der Waals surface area contributed by atoms with E-state index in [1.807, 2.05) is 12.3 Å². The summed E-state index contributed by atoms with van der Waals surface area (Å²) in [5, 5.41) is 0. The Kier molecular flexibility index (Phi) is 6.87. The number of imidazole rings is 1. The molecule has 1 aromatic heterocycles. The van der Waals surface area contributed by atoms with Gasteiger partial charge < -0.3 is 9.47 Å². The Bertz CT molecular complexity index is 680. The predicted octanol–water partition coefficient (Wildman–Crippen LogP) is 4.41. The van der Waals surface area contributed by atoms with E-state index < -0.39 is 0 Å². The number of benzene rings is 1. The van der Waals surface area contributed by atoms with Crippen molar-refractivity contribution >= 4 is 5.91 Å². The predicted molar refractivity (Wildman–Crippen MR) is 105 cm³/mol. The molecule has 0 bridgehead atoms. The summed E-state index contributed by atoms with van der Waals surface area (Å²) in [5.74, 6) is 1.85. The van der Waals surface area contributed by atoms with Gasteiger partial charge in [-0.15, -0.1) is 0 Å². The largest absolute Gasteiger partial charge is 0.342 e. The molecule has 4 heteroatoms. The fourth-order valence-electron chi connectivity index (χ4n) is 3.86. The van der Waals surface area contributed by atoms with E-state index >= 15 is 0 Å². The van der Waals surface area contributed by atoms with Crippen LogP contribution in [0, 0.1) is 0 Å². The Morgan fingerprint density at radius 1 is 1.23 bits per heavy atom. The number of aryl methyl sites for hydroxylation is 2. The second-order valence-electron chi connectivity index (χ2n) is 7.35. The number of carbonyl (C=O) groups excluding carboxylic acids is 1. The number of likely N-dealkylation sites (tertiary alicyclic amines) is 1. The molecule has 1 amide bonds. The van der Waals surface area contributed by atoms with Crippen molar-refractivity contribution in [2.45, 2.75) is 64.3 Å². The van der Waals surface area contributed by atoms with Crippen LogP contribution < -0.4 is 0 Å². The zero-order chi connectivity index (χ0) is 18.2. The minimum Gasteiger partial charge on any atom is -0.342 e. The number of rotatable bonds is 8. The fourth-order valence-corrected chi connectivity index (χ4v) is 3.86. The van der Waals surface area contributed by atoms with Gasteiger partial charge in [-0.2, -0.15) is 0 Å². The first-order valence-corrected chi connectivity index (χ1v) is 10.1. The molecular formula is C22H31N3O. The van der Waals surface area contributed by atoms with Crippen LogP contribution >= 0.6 is 0 Å². The number of nitrogens with zero attached hydrogens (tertiary/aromatic N) is 3. The molecule has 1 aliphatic heterocycles. The second-order valence-corrected chi connectivity index (χ2v) is 7.35. The highest BCUT2D eigenvalue weighted by molar-refractivity contribution is 5.76. The molecule has 2 heterocycles. The van der Waals surface area contributed by atoms with Gasteiger partial charge in [-0.1, -0.05) is 43.7 Å². The Hall–Kier alpha value is -2.10. The van der Waals surface area contributed by atoms with Gasteiger partial charge in [-0.3, -0.25) is 4.79 Å². The summed E-state index contributed by atoms with van der Waals surface area (Å²) < 4.78 is 2.29. The Morgan fingerprint density at radius 3 is 2.88 bits per heavy atom. The van der Waals surface area contributed by atoms with Gasteiger partial charge in [0.05, 0.1) is 0 Å². The maximum absolute atomic E-state index is 12.7. The van der Waals surface area contributed by atoms with Crippen molar-refractivity contribution in [3.63, 3.8) is 0 Å². The molecule has 1 aliphatic rings. The smallest absolute Gasteiger partial charge is 0.222 e. The highest BCUT2D eigenvalue weighted by Gasteiger charge is 2.27. The lowest BCUT2D eigenvalue weighted by Crippen LogP contribution is -2.39. The van der Waals surface area contributed by atoms with Crippen molar-refractivity contribution in [2.24, 2.45) is 0 Å². The van der Waals surface area contributed by atoms with E-state index in [1.54, 1.807) is 0 Å². The standard InChI is InChI=1S/C22H31N3O/c1-2-3-15-24-17-14-23-22(24)20-12-8-16-25(18-20)21(26)13-7-11-19-9-5-4-6-10-19/h4-6,9-10,14,17,20H,2-3,7-8,11-13,15-16,18H2,1H3. The zero-order valence-corrected chi connectivity index (χ0v) is 15.9. The summed E-state index contributed by atoms with van der Waals surface area (Å²) in [6.45, 7) is 4.98. The van der Waals surface area contributed by atoms with E-state index in [4.69, 9.17) is 0 Å². The third kappa shape index (κ3) is 4.96. The van der Waals surface area contributed by atoms with Gasteiger partial charge in [0.15, 0.2) is 0 Å². The highest BCUT2D eigenvalue weighted by atomic mass is 16.2. The van der Waals surface area contributed by atoms with Crippen molar-refractivity contribution in [1.82, 2.24) is 14.5 Å². The van der Waals surface area contributed by atoms with Gasteiger partial charge in [-0.25, -0.2) is 4.98 Å². The molecule has 0 N–H and O–H groups in total. The maximum atomic E-state index is 12.7. The van der Waals surface area contributed by atoms with E-state index in [0.717, 1.165) is 45.3 Å². The number of amides is 1. The zero-order valence-electron chi connectivity index (χ0n) is 15.9. The van der Waals surface area contributed by atoms with E-state index in [2.05, 4.69) is 51.8 Å². The van der Waals surface area contributed by atoms with Crippen LogP contribution in [-0.2, 0) is 17.8 Å². The second kappa shape index (κ2) is 9.56. The first-order chi connectivity index (χ1) is 12.8. The monoisotopic (exact) mass is 353 g/mol. The van der Waals surface area contributed by atoms with Gasteiger partial charge in [0.2, 0.25) is 5.91 Å². The Balaban J connectivity index is 1.51. The summed E-state index contributed by atoms with van der Waals surface area (Å²) in [7, 11) is 0. The molecular weight excluding hydrogens is 322 g/mol. The van der Waals surface area contributed by atoms with Crippen LogP contribution in [0.4, 0.5) is 0 Å². The fraction of sp³-hybridized carbons (Fsp3) is 0.545. The Labute approximate surface area is 157 Å². The minimum atomic E-state index is 0.303. The average Bonchev–Trinajstić information content (AvgIpc) is 3.16. The normalized spacial score (nSPS) is 17.4. The van der Waals surface area contributed by atoms with Crippen molar-refractivity contribution in [3.8, 4) is 0 Å². The molecule has 1 fully saturated rings. The molecule has 1 unspecified atom stereocenters. The summed E-state index contributed by atoms with van der Waals surface area (Å²) in [6, 6.07) is 10.4. The van der Waals surface area contributed by atoms with Crippen LogP contribution in [0.1, 0.15) is 62.8 Å². The number of hydrogen-bond acceptors (Lipinski definition) is 2. The van der Waals surface area contributed by atoms with Gasteiger partial charge >= 0.3 is 0 Å². The number of piperidine rings is 1. The first kappa shape index (κ1) is 18.7. The minimum absolute atomic E-state index is 0.303. The van der Waals surface area contributed by atoms with E-state index in [1.165, 1.54) is 24.2 Å². The van der Waals surface area contributed by atoms with Crippen LogP contribution in [0.3, 0.4) is 0 Å². The molecule has 1 atom stereocenters. The number of hydrogen-bond donors (Lipinski definition) is 0.